The van der Waals surface area contributed by atoms with Crippen LogP contribution in [0.1, 0.15) is 50.2 Å². The molecule has 18 heavy (non-hydrogen) atoms. The molecule has 2 nitrogen and oxygen atoms in total. The van der Waals surface area contributed by atoms with E-state index in [1.807, 2.05) is 0 Å². The summed E-state index contributed by atoms with van der Waals surface area (Å²) in [6.07, 6.45) is 2.78. The summed E-state index contributed by atoms with van der Waals surface area (Å²) in [5.74, 6) is 0.569. The van der Waals surface area contributed by atoms with Crippen LogP contribution in [0.3, 0.4) is 0 Å². The molecular weight excluding hydrogens is 220 g/mol. The highest BCUT2D eigenvalue weighted by molar-refractivity contribution is 5.32. The molecule has 1 aromatic rings. The van der Waals surface area contributed by atoms with Crippen molar-refractivity contribution in [2.45, 2.75) is 44.4 Å². The fourth-order valence-corrected chi connectivity index (χ4v) is 2.85. The summed E-state index contributed by atoms with van der Waals surface area (Å²) in [6.45, 7) is 6.47. The molecule has 0 radical (unpaired) electrons. The first-order valence-corrected chi connectivity index (χ1v) is 6.86. The van der Waals surface area contributed by atoms with Crippen LogP contribution in [-0.2, 0) is 5.41 Å². The van der Waals surface area contributed by atoms with Crippen molar-refractivity contribution in [3.63, 3.8) is 0 Å². The van der Waals surface area contributed by atoms with E-state index >= 15 is 0 Å². The minimum Gasteiger partial charge on any atom is -0.317 e. The highest BCUT2D eigenvalue weighted by atomic mass is 14.9. The number of nitrogens with one attached hydrogen (secondary N) is 1. The predicted molar refractivity (Wildman–Crippen MR) is 74.5 cm³/mol. The first-order valence-electron chi connectivity index (χ1n) is 6.86. The van der Waals surface area contributed by atoms with Crippen LogP contribution in [0.25, 0.3) is 0 Å². The normalized spacial score (nSPS) is 18.6. The lowest BCUT2D eigenvalue weighted by atomic mass is 9.71. The lowest BCUT2D eigenvalue weighted by molar-refractivity contribution is 0.312. The zero-order valence-electron chi connectivity index (χ0n) is 11.4. The molecule has 0 aromatic heterocycles. The summed E-state index contributed by atoms with van der Waals surface area (Å²) in [5, 5.41) is 12.5. The van der Waals surface area contributed by atoms with Gasteiger partial charge in [-0.2, -0.15) is 5.26 Å². The second-order valence-electron chi connectivity index (χ2n) is 5.64. The summed E-state index contributed by atoms with van der Waals surface area (Å²) in [7, 11) is 0. The van der Waals surface area contributed by atoms with Gasteiger partial charge in [-0.25, -0.2) is 0 Å². The second kappa shape index (κ2) is 5.54. The van der Waals surface area contributed by atoms with E-state index in [-0.39, 0.29) is 5.41 Å². The number of piperidine rings is 1. The third-order valence-electron chi connectivity index (χ3n) is 4.17. The summed E-state index contributed by atoms with van der Waals surface area (Å²) in [6, 6.07) is 11.3. The van der Waals surface area contributed by atoms with Crippen molar-refractivity contribution >= 4 is 0 Å². The maximum atomic E-state index is 9.12. The monoisotopic (exact) mass is 242 g/mol. The number of rotatable bonds is 3. The summed E-state index contributed by atoms with van der Waals surface area (Å²) in [4.78, 5) is 0. The molecule has 0 bridgehead atoms. The van der Waals surface area contributed by atoms with Crippen molar-refractivity contribution in [1.29, 1.82) is 5.26 Å². The second-order valence-corrected chi connectivity index (χ2v) is 5.64. The van der Waals surface area contributed by atoms with Gasteiger partial charge in [-0.3, -0.25) is 0 Å². The van der Waals surface area contributed by atoms with Crippen molar-refractivity contribution in [2.24, 2.45) is 0 Å². The van der Waals surface area contributed by atoms with Crippen LogP contribution in [0.15, 0.2) is 24.3 Å². The fraction of sp³-hybridized carbons (Fsp3) is 0.562. The van der Waals surface area contributed by atoms with Gasteiger partial charge in [0.05, 0.1) is 6.07 Å². The smallest absolute Gasteiger partial charge is 0.0631 e. The van der Waals surface area contributed by atoms with Crippen LogP contribution in [0.5, 0.6) is 0 Å². The molecule has 1 aliphatic rings. The van der Waals surface area contributed by atoms with Gasteiger partial charge in [0.2, 0.25) is 0 Å². The quantitative estimate of drug-likeness (QED) is 0.882. The zero-order valence-corrected chi connectivity index (χ0v) is 11.4. The van der Waals surface area contributed by atoms with E-state index in [0.717, 1.165) is 25.9 Å². The highest BCUT2D eigenvalue weighted by Gasteiger charge is 2.33. The van der Waals surface area contributed by atoms with Crippen molar-refractivity contribution in [3.05, 3.63) is 35.4 Å². The molecule has 0 spiro atoms. The van der Waals surface area contributed by atoms with Gasteiger partial charge in [-0.1, -0.05) is 38.1 Å². The SMILES string of the molecule is CC(C)c1ccc(C2(CC#N)CCNCC2)cc1. The van der Waals surface area contributed by atoms with E-state index in [1.165, 1.54) is 11.1 Å². The Balaban J connectivity index is 2.28. The minimum atomic E-state index is 0.0789. The minimum absolute atomic E-state index is 0.0789. The first-order chi connectivity index (χ1) is 8.68. The van der Waals surface area contributed by atoms with Gasteiger partial charge in [0.15, 0.2) is 0 Å². The largest absolute Gasteiger partial charge is 0.317 e. The molecule has 1 saturated heterocycles. The number of benzene rings is 1. The van der Waals surface area contributed by atoms with Crippen molar-refractivity contribution in [2.75, 3.05) is 13.1 Å². The van der Waals surface area contributed by atoms with E-state index in [9.17, 15) is 0 Å². The highest BCUT2D eigenvalue weighted by Crippen LogP contribution is 2.37. The summed E-state index contributed by atoms with van der Waals surface area (Å²) in [5.41, 5.74) is 2.80. The van der Waals surface area contributed by atoms with Crippen LogP contribution in [0, 0.1) is 11.3 Å². The molecule has 2 rings (SSSR count). The molecule has 96 valence electrons. The molecule has 1 N–H and O–H groups in total. The lowest BCUT2D eigenvalue weighted by Gasteiger charge is -2.36. The Morgan fingerprint density at radius 3 is 2.33 bits per heavy atom. The van der Waals surface area contributed by atoms with E-state index in [2.05, 4.69) is 49.5 Å². The average molecular weight is 242 g/mol. The third-order valence-corrected chi connectivity index (χ3v) is 4.17. The number of nitriles is 1. The van der Waals surface area contributed by atoms with E-state index < -0.39 is 0 Å². The Labute approximate surface area is 110 Å². The molecule has 0 atom stereocenters. The predicted octanol–water partition coefficient (Wildman–Crippen LogP) is 3.34. The molecule has 1 aliphatic heterocycles. The molecule has 0 aliphatic carbocycles. The zero-order chi connectivity index (χ0) is 13.0. The standard InChI is InChI=1S/C16H22N2/c1-13(2)14-3-5-15(6-4-14)16(7-10-17)8-11-18-12-9-16/h3-6,13,18H,7-9,11-12H2,1-2H3. The van der Waals surface area contributed by atoms with Gasteiger partial charge in [0.1, 0.15) is 0 Å². The van der Waals surface area contributed by atoms with E-state index in [1.54, 1.807) is 0 Å². The van der Waals surface area contributed by atoms with Gasteiger partial charge in [0.25, 0.3) is 0 Å². The van der Waals surface area contributed by atoms with Crippen LogP contribution in [0.4, 0.5) is 0 Å². The van der Waals surface area contributed by atoms with Crippen molar-refractivity contribution < 1.29 is 0 Å². The average Bonchev–Trinajstić information content (AvgIpc) is 2.40. The number of hydrogen-bond donors (Lipinski definition) is 1. The molecular formula is C16H22N2. The van der Waals surface area contributed by atoms with Gasteiger partial charge in [-0.15, -0.1) is 0 Å². The molecule has 1 heterocycles. The van der Waals surface area contributed by atoms with Crippen molar-refractivity contribution in [1.82, 2.24) is 5.32 Å². The molecule has 0 saturated carbocycles. The molecule has 0 unspecified atom stereocenters. The van der Waals surface area contributed by atoms with Crippen LogP contribution < -0.4 is 5.32 Å². The summed E-state index contributed by atoms with van der Waals surface area (Å²) < 4.78 is 0. The third kappa shape index (κ3) is 2.57. The molecule has 2 heteroatoms. The Kier molecular flexibility index (Phi) is 4.04. The molecule has 0 amide bonds. The lowest BCUT2D eigenvalue weighted by Crippen LogP contribution is -2.39. The van der Waals surface area contributed by atoms with Crippen LogP contribution >= 0.6 is 0 Å². The summed E-state index contributed by atoms with van der Waals surface area (Å²) >= 11 is 0. The van der Waals surface area contributed by atoms with Gasteiger partial charge >= 0.3 is 0 Å². The molecule has 1 aromatic carbocycles. The number of hydrogen-bond acceptors (Lipinski definition) is 2. The van der Waals surface area contributed by atoms with Crippen LogP contribution in [0.2, 0.25) is 0 Å². The van der Waals surface area contributed by atoms with Crippen LogP contribution in [-0.4, -0.2) is 13.1 Å². The molecule has 1 fully saturated rings. The Hall–Kier alpha value is -1.33. The van der Waals surface area contributed by atoms with Crippen molar-refractivity contribution in [3.8, 4) is 6.07 Å². The van der Waals surface area contributed by atoms with E-state index in [4.69, 9.17) is 5.26 Å². The Bertz CT molecular complexity index is 419. The topological polar surface area (TPSA) is 35.8 Å². The number of nitrogens with zero attached hydrogens (tertiary/aromatic N) is 1. The Morgan fingerprint density at radius 2 is 1.83 bits per heavy atom. The van der Waals surface area contributed by atoms with E-state index in [0.29, 0.717) is 12.3 Å². The maximum Gasteiger partial charge on any atom is 0.0631 e. The Morgan fingerprint density at radius 1 is 1.22 bits per heavy atom. The van der Waals surface area contributed by atoms with Gasteiger partial charge < -0.3 is 5.32 Å². The van der Waals surface area contributed by atoms with Gasteiger partial charge in [-0.05, 0) is 43.0 Å². The van der Waals surface area contributed by atoms with Gasteiger partial charge in [0, 0.05) is 11.8 Å². The fourth-order valence-electron chi connectivity index (χ4n) is 2.85. The maximum absolute atomic E-state index is 9.12. The first kappa shape index (κ1) is 13.1.